The van der Waals surface area contributed by atoms with Crippen LogP contribution in [0.3, 0.4) is 0 Å². The molecule has 0 N–H and O–H groups in total. The fourth-order valence-electron chi connectivity index (χ4n) is 12.5. The van der Waals surface area contributed by atoms with E-state index in [2.05, 4.69) is 231 Å². The Labute approximate surface area is 436 Å². The Morgan fingerprint density at radius 1 is 0.280 bits per heavy atom. The van der Waals surface area contributed by atoms with Crippen LogP contribution in [0.25, 0.3) is 132 Å². The van der Waals surface area contributed by atoms with Crippen LogP contribution in [-0.2, 0) is 5.41 Å². The molecule has 0 bridgehead atoms. The molecular formula is C70H41N3OS. The third-order valence-corrected chi connectivity index (χ3v) is 16.9. The summed E-state index contributed by atoms with van der Waals surface area (Å²) in [5, 5.41) is 4.32. The van der Waals surface area contributed by atoms with E-state index in [1.54, 1.807) is 11.3 Å². The minimum absolute atomic E-state index is 0.353. The van der Waals surface area contributed by atoms with Crippen LogP contribution in [0.4, 0.5) is 0 Å². The Balaban J connectivity index is 0.800. The highest BCUT2D eigenvalue weighted by atomic mass is 32.1. The van der Waals surface area contributed by atoms with Crippen LogP contribution in [0.5, 0.6) is 0 Å². The molecule has 0 amide bonds. The Morgan fingerprint density at radius 3 is 1.44 bits per heavy atom. The van der Waals surface area contributed by atoms with Gasteiger partial charge in [0.15, 0.2) is 17.5 Å². The molecule has 2 aliphatic rings. The Bertz CT molecular complexity index is 4600. The first-order valence-electron chi connectivity index (χ1n) is 25.5. The molecule has 0 fully saturated rings. The molecule has 0 unspecified atom stereocenters. The normalized spacial score (nSPS) is 12.9. The van der Waals surface area contributed by atoms with Gasteiger partial charge in [-0.15, -0.1) is 11.3 Å². The second-order valence-electron chi connectivity index (χ2n) is 19.7. The summed E-state index contributed by atoms with van der Waals surface area (Å²) in [5.74, 6) is 1.83. The fourth-order valence-corrected chi connectivity index (χ4v) is 13.6. The summed E-state index contributed by atoms with van der Waals surface area (Å²) in [4.78, 5) is 15.9. The lowest BCUT2D eigenvalue weighted by atomic mass is 9.70. The van der Waals surface area contributed by atoms with E-state index in [-0.39, 0.29) is 5.41 Å². The average molecular weight is 972 g/mol. The van der Waals surface area contributed by atoms with E-state index >= 15 is 0 Å². The smallest absolute Gasteiger partial charge is 0.164 e. The van der Waals surface area contributed by atoms with Gasteiger partial charge in [-0.05, 0) is 114 Å². The van der Waals surface area contributed by atoms with Crippen LogP contribution in [0.1, 0.15) is 22.3 Å². The van der Waals surface area contributed by atoms with E-state index in [9.17, 15) is 0 Å². The molecule has 1 spiro atoms. The highest BCUT2D eigenvalue weighted by Crippen LogP contribution is 2.63. The lowest BCUT2D eigenvalue weighted by Crippen LogP contribution is -2.25. The molecule has 14 aromatic rings. The van der Waals surface area contributed by atoms with Gasteiger partial charge in [0, 0.05) is 47.6 Å². The lowest BCUT2D eigenvalue weighted by Gasteiger charge is -2.30. The zero-order valence-corrected chi connectivity index (χ0v) is 41.1. The molecule has 3 aromatic heterocycles. The second-order valence-corrected chi connectivity index (χ2v) is 20.8. The number of thiophene rings is 1. The summed E-state index contributed by atoms with van der Waals surface area (Å²) < 4.78 is 9.06. The van der Waals surface area contributed by atoms with Crippen LogP contribution in [-0.4, -0.2) is 15.0 Å². The molecule has 3 heterocycles. The van der Waals surface area contributed by atoms with Gasteiger partial charge in [-0.3, -0.25) is 0 Å². The van der Waals surface area contributed by atoms with Gasteiger partial charge in [0.1, 0.15) is 11.2 Å². The minimum Gasteiger partial charge on any atom is -0.456 e. The monoisotopic (exact) mass is 971 g/mol. The van der Waals surface area contributed by atoms with Crippen molar-refractivity contribution in [2.45, 2.75) is 5.41 Å². The van der Waals surface area contributed by atoms with Crippen LogP contribution in [0.15, 0.2) is 253 Å². The van der Waals surface area contributed by atoms with Gasteiger partial charge in [0.05, 0.1) is 5.41 Å². The van der Waals surface area contributed by atoms with Crippen molar-refractivity contribution in [2.75, 3.05) is 0 Å². The first kappa shape index (κ1) is 42.0. The summed E-state index contributed by atoms with van der Waals surface area (Å²) in [7, 11) is 0. The van der Waals surface area contributed by atoms with Crippen molar-refractivity contribution in [3.63, 3.8) is 0 Å². The largest absolute Gasteiger partial charge is 0.456 e. The fraction of sp³-hybridized carbons (Fsp3) is 0.0143. The average Bonchev–Trinajstić information content (AvgIpc) is 4.41. The van der Waals surface area contributed by atoms with Gasteiger partial charge in [0.25, 0.3) is 0 Å². The van der Waals surface area contributed by atoms with Crippen LogP contribution in [0, 0.1) is 0 Å². The molecule has 0 saturated carbocycles. The van der Waals surface area contributed by atoms with Crippen LogP contribution in [0.2, 0.25) is 0 Å². The van der Waals surface area contributed by atoms with Crippen molar-refractivity contribution < 1.29 is 4.42 Å². The van der Waals surface area contributed by atoms with Gasteiger partial charge in [-0.2, -0.15) is 0 Å². The zero-order valence-electron chi connectivity index (χ0n) is 40.3. The quantitative estimate of drug-likeness (QED) is 0.167. The molecule has 4 nitrogen and oxygen atoms in total. The molecule has 0 aliphatic heterocycles. The van der Waals surface area contributed by atoms with E-state index in [1.807, 2.05) is 18.2 Å². The van der Waals surface area contributed by atoms with E-state index in [1.165, 1.54) is 70.4 Å². The molecule has 5 heteroatoms. The predicted octanol–water partition coefficient (Wildman–Crippen LogP) is 18.5. The number of furan rings is 1. The number of fused-ring (bicyclic) bond motifs is 16. The molecule has 2 aliphatic carbocycles. The van der Waals surface area contributed by atoms with Gasteiger partial charge >= 0.3 is 0 Å². The molecule has 75 heavy (non-hydrogen) atoms. The van der Waals surface area contributed by atoms with E-state index in [4.69, 9.17) is 19.4 Å². The van der Waals surface area contributed by atoms with Crippen molar-refractivity contribution in [3.8, 4) is 89.8 Å². The summed E-state index contributed by atoms with van der Waals surface area (Å²) in [6, 6.07) is 89.8. The molecule has 0 saturated heterocycles. The number of nitrogens with zero attached hydrogens (tertiary/aromatic N) is 3. The van der Waals surface area contributed by atoms with Crippen molar-refractivity contribution in [1.82, 2.24) is 15.0 Å². The van der Waals surface area contributed by atoms with Crippen molar-refractivity contribution in [1.29, 1.82) is 0 Å². The molecule has 11 aromatic carbocycles. The molecule has 16 rings (SSSR count). The molecule has 0 radical (unpaired) electrons. The van der Waals surface area contributed by atoms with Crippen molar-refractivity contribution in [3.05, 3.63) is 271 Å². The number of benzene rings is 11. The molecule has 0 atom stereocenters. The third kappa shape index (κ3) is 6.26. The first-order chi connectivity index (χ1) is 37.2. The standard InChI is InChI=1S/C70H41N3OS/c1-2-14-42(15-3-1)43-32-34-46(35-33-43)67-71-68(73-69(72-67)54-21-13-27-64-66(54)52-19-7-11-26-63(52)75-64)53-20-12-25-62-65(53)56-41-48(37-39-61(56)74-62)45-30-28-44(29-31-45)47-36-38-60-55(40-47)51-18-6-10-24-59(51)70(60)57-22-8-4-16-49(57)50-17-5-9-23-58(50)70/h1-41H. The first-order valence-corrected chi connectivity index (χ1v) is 26.3. The van der Waals surface area contributed by atoms with Crippen molar-refractivity contribution >= 4 is 53.4 Å². The van der Waals surface area contributed by atoms with Crippen molar-refractivity contribution in [2.24, 2.45) is 0 Å². The maximum Gasteiger partial charge on any atom is 0.164 e. The minimum atomic E-state index is -0.353. The maximum atomic E-state index is 6.63. The predicted molar refractivity (Wildman–Crippen MR) is 309 cm³/mol. The van der Waals surface area contributed by atoms with Gasteiger partial charge < -0.3 is 4.42 Å². The number of hydrogen-bond acceptors (Lipinski definition) is 5. The number of aromatic nitrogens is 3. The summed E-state index contributed by atoms with van der Waals surface area (Å²) >= 11 is 1.79. The topological polar surface area (TPSA) is 51.8 Å². The SMILES string of the molecule is c1ccc(-c2ccc(-c3nc(-c4cccc5oc6ccc(-c7ccc(-c8ccc9c(c8)-c8ccccc8C98c9ccccc9-c9ccccc98)cc7)cc6c45)nc(-c4cccc5sc6ccccc6c45)n3)cc2)cc1. The van der Waals surface area contributed by atoms with Gasteiger partial charge in [-0.1, -0.05) is 212 Å². The van der Waals surface area contributed by atoms with Crippen LogP contribution < -0.4 is 0 Å². The maximum absolute atomic E-state index is 6.63. The Hall–Kier alpha value is -9.55. The summed E-state index contributed by atoms with van der Waals surface area (Å²) in [6.07, 6.45) is 0. The van der Waals surface area contributed by atoms with Gasteiger partial charge in [-0.25, -0.2) is 15.0 Å². The summed E-state index contributed by atoms with van der Waals surface area (Å²) in [6.45, 7) is 0. The van der Waals surface area contributed by atoms with E-state index in [0.717, 1.165) is 66.3 Å². The summed E-state index contributed by atoms with van der Waals surface area (Å²) in [5.41, 5.74) is 21.5. The van der Waals surface area contributed by atoms with Gasteiger partial charge in [0.2, 0.25) is 0 Å². The second kappa shape index (κ2) is 16.2. The van der Waals surface area contributed by atoms with E-state index < -0.39 is 0 Å². The highest BCUT2D eigenvalue weighted by molar-refractivity contribution is 7.25. The molecular weight excluding hydrogens is 931 g/mol. The highest BCUT2D eigenvalue weighted by Gasteiger charge is 2.51. The zero-order chi connectivity index (χ0) is 49.2. The molecule has 348 valence electrons. The number of hydrogen-bond donors (Lipinski definition) is 0. The Kier molecular flexibility index (Phi) is 9.09. The van der Waals surface area contributed by atoms with Crippen LogP contribution >= 0.6 is 11.3 Å². The van der Waals surface area contributed by atoms with E-state index in [0.29, 0.717) is 17.5 Å². The lowest BCUT2D eigenvalue weighted by molar-refractivity contribution is 0.669. The number of rotatable bonds is 6. The third-order valence-electron chi connectivity index (χ3n) is 15.8. The Morgan fingerprint density at radius 2 is 0.747 bits per heavy atom.